The molecule has 6 atom stereocenters. The summed E-state index contributed by atoms with van der Waals surface area (Å²) < 4.78 is 0. The highest BCUT2D eigenvalue weighted by Gasteiger charge is 2.60. The highest BCUT2D eigenvalue weighted by atomic mass is 16.4. The Kier molecular flexibility index (Phi) is 7.07. The number of hydrogen-bond donors (Lipinski definition) is 3. The van der Waals surface area contributed by atoms with Crippen molar-refractivity contribution in [2.75, 3.05) is 6.61 Å². The quantitative estimate of drug-likeness (QED) is 0.581. The number of allylic oxidation sites excluding steroid dienone is 2. The molecule has 0 amide bonds. The van der Waals surface area contributed by atoms with Gasteiger partial charge in [0.25, 0.3) is 0 Å². The van der Waals surface area contributed by atoms with Crippen LogP contribution in [0, 0.1) is 35.0 Å². The fraction of sp³-hybridized carbons (Fsp3) is 0.773. The number of carboxylic acids is 1. The molecule has 0 radical (unpaired) electrons. The average molecular weight is 395 g/mol. The van der Waals surface area contributed by atoms with Crippen LogP contribution in [0.3, 0.4) is 0 Å². The summed E-state index contributed by atoms with van der Waals surface area (Å²) in [6.07, 6.45) is 3.28. The van der Waals surface area contributed by atoms with Crippen LogP contribution in [0.2, 0.25) is 0 Å². The lowest BCUT2D eigenvalue weighted by Crippen LogP contribution is -2.56. The Morgan fingerprint density at radius 2 is 1.93 bits per heavy atom. The zero-order valence-electron chi connectivity index (χ0n) is 17.4. The van der Waals surface area contributed by atoms with Crippen molar-refractivity contribution < 1.29 is 29.7 Å². The number of ketones is 2. The second-order valence-electron chi connectivity index (χ2n) is 8.92. The monoisotopic (exact) mass is 394 g/mol. The Balaban J connectivity index is 2.69. The molecule has 6 nitrogen and oxygen atoms in total. The van der Waals surface area contributed by atoms with Gasteiger partial charge in [-0.25, -0.2) is 0 Å². The number of fused-ring (bicyclic) bond motifs is 1. The highest BCUT2D eigenvalue weighted by Crippen LogP contribution is 2.57. The van der Waals surface area contributed by atoms with Gasteiger partial charge in [0.2, 0.25) is 5.78 Å². The molecule has 3 N–H and O–H groups in total. The third-order valence-corrected chi connectivity index (χ3v) is 6.95. The second kappa shape index (κ2) is 8.76. The van der Waals surface area contributed by atoms with Crippen LogP contribution in [0.4, 0.5) is 0 Å². The molecule has 2 aliphatic rings. The van der Waals surface area contributed by atoms with E-state index >= 15 is 0 Å². The first kappa shape index (κ1) is 22.6. The molecule has 0 aromatic heterocycles. The third-order valence-electron chi connectivity index (χ3n) is 6.95. The number of rotatable bonds is 8. The Labute approximate surface area is 167 Å². The fourth-order valence-electron chi connectivity index (χ4n) is 5.70. The van der Waals surface area contributed by atoms with Crippen molar-refractivity contribution in [3.05, 3.63) is 11.3 Å². The van der Waals surface area contributed by atoms with Gasteiger partial charge in [-0.2, -0.15) is 0 Å². The molecule has 0 aromatic carbocycles. The maximum atomic E-state index is 13.3. The van der Waals surface area contributed by atoms with E-state index in [0.29, 0.717) is 24.8 Å². The average Bonchev–Trinajstić information content (AvgIpc) is 2.63. The van der Waals surface area contributed by atoms with Crippen molar-refractivity contribution in [2.24, 2.45) is 35.0 Å². The van der Waals surface area contributed by atoms with Gasteiger partial charge in [0.15, 0.2) is 5.76 Å². The number of hydrogen-bond acceptors (Lipinski definition) is 5. The van der Waals surface area contributed by atoms with Crippen molar-refractivity contribution in [1.82, 2.24) is 0 Å². The minimum atomic E-state index is -1.26. The summed E-state index contributed by atoms with van der Waals surface area (Å²) in [6, 6.07) is 0. The number of aliphatic carboxylic acids is 1. The highest BCUT2D eigenvalue weighted by molar-refractivity contribution is 6.02. The number of aliphatic hydroxyl groups excluding tert-OH is 2. The minimum absolute atomic E-state index is 0.0235. The van der Waals surface area contributed by atoms with E-state index in [0.717, 1.165) is 12.8 Å². The van der Waals surface area contributed by atoms with Crippen LogP contribution in [0.1, 0.15) is 66.2 Å². The van der Waals surface area contributed by atoms with Crippen LogP contribution in [-0.2, 0) is 14.4 Å². The molecule has 6 heteroatoms. The van der Waals surface area contributed by atoms with Crippen molar-refractivity contribution in [3.63, 3.8) is 0 Å². The van der Waals surface area contributed by atoms with Crippen molar-refractivity contribution in [1.29, 1.82) is 0 Å². The molecule has 28 heavy (non-hydrogen) atoms. The SMILES string of the molecule is CCCC[C@@H](C)C1=C(O)C(=O)[C@@H]2C[C@H](C)C[C@H](C(=O)O)[C@H]2[C@]1(C)C(=O)CCO. The molecule has 0 aliphatic heterocycles. The van der Waals surface area contributed by atoms with Crippen LogP contribution in [0.25, 0.3) is 0 Å². The predicted octanol–water partition coefficient (Wildman–Crippen LogP) is 3.53. The maximum Gasteiger partial charge on any atom is 0.306 e. The van der Waals surface area contributed by atoms with Gasteiger partial charge >= 0.3 is 5.97 Å². The molecule has 0 aromatic rings. The van der Waals surface area contributed by atoms with Gasteiger partial charge in [0, 0.05) is 18.9 Å². The fourth-order valence-corrected chi connectivity index (χ4v) is 5.70. The molecule has 1 saturated carbocycles. The molecule has 0 bridgehead atoms. The molecule has 2 aliphatic carbocycles. The van der Waals surface area contributed by atoms with Gasteiger partial charge in [0.05, 0.1) is 11.3 Å². The van der Waals surface area contributed by atoms with Crippen LogP contribution >= 0.6 is 0 Å². The molecular formula is C22H34O6. The van der Waals surface area contributed by atoms with Crippen LogP contribution in [-0.4, -0.2) is 39.5 Å². The molecule has 0 unspecified atom stereocenters. The van der Waals surface area contributed by atoms with Gasteiger partial charge in [-0.05, 0) is 49.5 Å². The van der Waals surface area contributed by atoms with E-state index in [1.165, 1.54) is 0 Å². The lowest BCUT2D eigenvalue weighted by atomic mass is 9.49. The smallest absolute Gasteiger partial charge is 0.306 e. The summed E-state index contributed by atoms with van der Waals surface area (Å²) in [5.74, 6) is -4.45. The van der Waals surface area contributed by atoms with E-state index in [1.54, 1.807) is 6.92 Å². The van der Waals surface area contributed by atoms with E-state index in [1.807, 2.05) is 20.8 Å². The summed E-state index contributed by atoms with van der Waals surface area (Å²) in [5.41, 5.74) is -0.881. The molecule has 0 heterocycles. The topological polar surface area (TPSA) is 112 Å². The van der Waals surface area contributed by atoms with Crippen molar-refractivity contribution in [2.45, 2.75) is 66.2 Å². The van der Waals surface area contributed by atoms with Gasteiger partial charge in [0.1, 0.15) is 5.78 Å². The zero-order chi connectivity index (χ0) is 21.2. The molecular weight excluding hydrogens is 360 g/mol. The summed E-state index contributed by atoms with van der Waals surface area (Å²) in [4.78, 5) is 38.4. The van der Waals surface area contributed by atoms with Crippen LogP contribution < -0.4 is 0 Å². The Hall–Kier alpha value is -1.69. The maximum absolute atomic E-state index is 13.3. The zero-order valence-corrected chi connectivity index (χ0v) is 17.4. The Morgan fingerprint density at radius 1 is 1.29 bits per heavy atom. The number of carboxylic acid groups (broad SMARTS) is 1. The Morgan fingerprint density at radius 3 is 2.46 bits per heavy atom. The summed E-state index contributed by atoms with van der Waals surface area (Å²) >= 11 is 0. The first-order valence-corrected chi connectivity index (χ1v) is 10.5. The molecule has 0 saturated heterocycles. The van der Waals surface area contributed by atoms with Gasteiger partial charge in [-0.15, -0.1) is 0 Å². The van der Waals surface area contributed by atoms with Crippen molar-refractivity contribution in [3.8, 4) is 0 Å². The largest absolute Gasteiger partial charge is 0.504 e. The number of carbonyl (C=O) groups excluding carboxylic acids is 2. The van der Waals surface area contributed by atoms with E-state index in [2.05, 4.69) is 0 Å². The summed E-state index contributed by atoms with van der Waals surface area (Å²) in [6.45, 7) is 7.19. The van der Waals surface area contributed by atoms with E-state index in [9.17, 15) is 29.7 Å². The van der Waals surface area contributed by atoms with Gasteiger partial charge in [-0.3, -0.25) is 14.4 Å². The molecule has 0 spiro atoms. The number of Topliss-reactive ketones (excluding diaryl/α,β-unsaturated/α-hetero) is 2. The lowest BCUT2D eigenvalue weighted by molar-refractivity contribution is -0.157. The first-order valence-electron chi connectivity index (χ1n) is 10.5. The van der Waals surface area contributed by atoms with Crippen LogP contribution in [0.5, 0.6) is 0 Å². The summed E-state index contributed by atoms with van der Waals surface area (Å²) in [5, 5.41) is 30.2. The standard InChI is InChI=1S/C22H34O6/c1-5-6-7-13(3)17-20(26)19(25)14-10-12(2)11-15(21(27)28)18(14)22(17,4)16(24)8-9-23/h12-15,18,23,26H,5-11H2,1-4H3,(H,27,28)/t12-,13+,14+,15-,18-,22+/m0/s1. The second-order valence-corrected chi connectivity index (χ2v) is 8.92. The Bertz CT molecular complexity index is 666. The van der Waals surface area contributed by atoms with Gasteiger partial charge in [-0.1, -0.05) is 33.6 Å². The summed E-state index contributed by atoms with van der Waals surface area (Å²) in [7, 11) is 0. The van der Waals surface area contributed by atoms with Gasteiger partial charge < -0.3 is 15.3 Å². The number of aliphatic hydroxyl groups is 2. The lowest BCUT2D eigenvalue weighted by Gasteiger charge is -2.52. The minimum Gasteiger partial charge on any atom is -0.504 e. The molecule has 2 rings (SSSR count). The van der Waals surface area contributed by atoms with E-state index < -0.39 is 34.9 Å². The molecule has 158 valence electrons. The van der Waals surface area contributed by atoms with E-state index in [-0.39, 0.29) is 36.4 Å². The number of unbranched alkanes of at least 4 members (excludes halogenated alkanes) is 1. The normalized spacial score (nSPS) is 34.1. The first-order chi connectivity index (χ1) is 13.1. The van der Waals surface area contributed by atoms with E-state index in [4.69, 9.17) is 0 Å². The van der Waals surface area contributed by atoms with Crippen molar-refractivity contribution >= 4 is 17.5 Å². The predicted molar refractivity (Wildman–Crippen MR) is 105 cm³/mol. The third kappa shape index (κ3) is 3.76. The van der Waals surface area contributed by atoms with Crippen LogP contribution in [0.15, 0.2) is 11.3 Å². The molecule has 1 fully saturated rings. The number of carbonyl (C=O) groups is 3.